The Morgan fingerprint density at radius 1 is 0.788 bits per heavy atom. The molecular weight excluding hydrogens is 426 g/mol. The van der Waals surface area contributed by atoms with E-state index in [2.05, 4.69) is 59.3 Å². The highest BCUT2D eigenvalue weighted by atomic mass is 32.1. The van der Waals surface area contributed by atoms with E-state index in [1.54, 1.807) is 6.20 Å². The summed E-state index contributed by atoms with van der Waals surface area (Å²) in [5, 5.41) is 4.08. The van der Waals surface area contributed by atoms with Crippen molar-refractivity contribution >= 4 is 23.5 Å². The molecule has 2 N–H and O–H groups in total. The van der Waals surface area contributed by atoms with E-state index in [0.717, 1.165) is 40.4 Å². The van der Waals surface area contributed by atoms with Crippen molar-refractivity contribution in [3.8, 4) is 22.4 Å². The van der Waals surface area contributed by atoms with E-state index in [1.165, 1.54) is 11.1 Å². The zero-order valence-corrected chi connectivity index (χ0v) is 18.8. The average molecular weight is 450 g/mol. The van der Waals surface area contributed by atoms with Gasteiger partial charge in [0.05, 0.1) is 16.6 Å². The van der Waals surface area contributed by atoms with Crippen molar-refractivity contribution in [2.75, 3.05) is 0 Å². The molecule has 0 aliphatic heterocycles. The van der Waals surface area contributed by atoms with E-state index < -0.39 is 0 Å². The lowest BCUT2D eigenvalue weighted by molar-refractivity contribution is 0.693. The number of hydrogen-bond acceptors (Lipinski definition) is 4. The third-order valence-electron chi connectivity index (χ3n) is 5.66. The number of pyridine rings is 2. The topological polar surface area (TPSA) is 57.8 Å². The van der Waals surface area contributed by atoms with Crippen molar-refractivity contribution in [2.45, 2.75) is 18.0 Å². The number of aromatic nitrogens is 2. The fourth-order valence-electron chi connectivity index (χ4n) is 3.91. The quantitative estimate of drug-likeness (QED) is 0.286. The van der Waals surface area contributed by atoms with Crippen molar-refractivity contribution < 1.29 is 0 Å². The van der Waals surface area contributed by atoms with Gasteiger partial charge in [-0.2, -0.15) is 0 Å². The minimum absolute atomic E-state index is 0.130. The van der Waals surface area contributed by atoms with Gasteiger partial charge in [0.15, 0.2) is 0 Å². The van der Waals surface area contributed by atoms with Gasteiger partial charge in [-0.25, -0.2) is 4.98 Å². The lowest BCUT2D eigenvalue weighted by atomic mass is 9.97. The summed E-state index contributed by atoms with van der Waals surface area (Å²) in [7, 11) is 0. The van der Waals surface area contributed by atoms with Gasteiger partial charge in [-0.1, -0.05) is 66.7 Å². The van der Waals surface area contributed by atoms with Gasteiger partial charge in [0.25, 0.3) is 5.56 Å². The summed E-state index contributed by atoms with van der Waals surface area (Å²) >= 11 is 4.33. The van der Waals surface area contributed by atoms with Gasteiger partial charge in [0, 0.05) is 35.3 Å². The Morgan fingerprint density at radius 2 is 1.45 bits per heavy atom. The van der Waals surface area contributed by atoms with Gasteiger partial charge >= 0.3 is 0 Å². The highest BCUT2D eigenvalue weighted by molar-refractivity contribution is 7.80. The number of benzene rings is 3. The number of thiol groups is 1. The van der Waals surface area contributed by atoms with Crippen LogP contribution < -0.4 is 10.9 Å². The zero-order chi connectivity index (χ0) is 22.6. The number of aromatic amines is 1. The Labute approximate surface area is 197 Å². The summed E-state index contributed by atoms with van der Waals surface area (Å²) in [4.78, 5) is 21.0. The molecule has 5 heteroatoms. The van der Waals surface area contributed by atoms with E-state index in [1.807, 2.05) is 54.6 Å². The number of rotatable bonds is 6. The van der Waals surface area contributed by atoms with Crippen LogP contribution >= 0.6 is 12.6 Å². The van der Waals surface area contributed by atoms with Crippen LogP contribution in [0.15, 0.2) is 107 Å². The predicted octanol–water partition coefficient (Wildman–Crippen LogP) is 5.84. The molecule has 0 amide bonds. The molecule has 0 atom stereocenters. The minimum atomic E-state index is -0.130. The predicted molar refractivity (Wildman–Crippen MR) is 137 cm³/mol. The molecule has 0 unspecified atom stereocenters. The van der Waals surface area contributed by atoms with Crippen LogP contribution in [0.3, 0.4) is 0 Å². The van der Waals surface area contributed by atoms with Crippen LogP contribution in [0.4, 0.5) is 0 Å². The molecule has 0 saturated carbocycles. The number of H-pyrrole nitrogens is 1. The smallest absolute Gasteiger partial charge is 0.257 e. The van der Waals surface area contributed by atoms with Crippen LogP contribution in [0.1, 0.15) is 11.1 Å². The van der Waals surface area contributed by atoms with Crippen molar-refractivity contribution in [1.29, 1.82) is 0 Å². The first kappa shape index (κ1) is 21.2. The minimum Gasteiger partial charge on any atom is -0.328 e. The normalized spacial score (nSPS) is 11.1. The third-order valence-corrected chi connectivity index (χ3v) is 5.96. The summed E-state index contributed by atoms with van der Waals surface area (Å²) in [6, 6.07) is 30.5. The fraction of sp³-hybridized carbons (Fsp3) is 0.0714. The molecule has 2 aromatic heterocycles. The molecule has 5 aromatic rings. The summed E-state index contributed by atoms with van der Waals surface area (Å²) in [6.45, 7) is 1.57. The maximum Gasteiger partial charge on any atom is 0.257 e. The Hall–Kier alpha value is -3.67. The molecule has 2 heterocycles. The second-order valence-corrected chi connectivity index (χ2v) is 8.47. The van der Waals surface area contributed by atoms with Crippen LogP contribution in [0, 0.1) is 0 Å². The lowest BCUT2D eigenvalue weighted by Crippen LogP contribution is -2.12. The maximum absolute atomic E-state index is 12.4. The maximum atomic E-state index is 12.4. The van der Waals surface area contributed by atoms with Crippen molar-refractivity contribution in [3.05, 3.63) is 119 Å². The molecule has 0 saturated heterocycles. The largest absolute Gasteiger partial charge is 0.328 e. The van der Waals surface area contributed by atoms with Crippen molar-refractivity contribution in [3.63, 3.8) is 0 Å². The van der Waals surface area contributed by atoms with Crippen LogP contribution in [0.5, 0.6) is 0 Å². The molecule has 0 aliphatic carbocycles. The summed E-state index contributed by atoms with van der Waals surface area (Å²) in [5.74, 6) is 0. The second kappa shape index (κ2) is 9.45. The highest BCUT2D eigenvalue weighted by Gasteiger charge is 2.13. The molecular formula is C28H23N3OS. The summed E-state index contributed by atoms with van der Waals surface area (Å²) in [5.41, 5.74) is 6.84. The second-order valence-electron chi connectivity index (χ2n) is 7.96. The molecule has 162 valence electrons. The standard InChI is InChI=1S/C28H23N3OS/c32-28-25-16-24(21-4-2-1-3-5-21)27(31-26(25)14-15-30-28)22-10-6-19(7-11-22)17-29-18-20-8-12-23(33)13-9-20/h1-16,29,33H,17-18H2,(H,30,32). The lowest BCUT2D eigenvalue weighted by Gasteiger charge is -2.12. The molecule has 0 aliphatic rings. The number of hydrogen-bond donors (Lipinski definition) is 3. The van der Waals surface area contributed by atoms with Crippen LogP contribution in [0.25, 0.3) is 33.3 Å². The SMILES string of the molecule is O=c1[nH]ccc2nc(-c3ccc(CNCc4ccc(S)cc4)cc3)c(-c3ccccc3)cc12. The summed E-state index contributed by atoms with van der Waals surface area (Å²) in [6.07, 6.45) is 1.64. The van der Waals surface area contributed by atoms with Gasteiger partial charge in [0.2, 0.25) is 0 Å². The molecule has 0 radical (unpaired) electrons. The van der Waals surface area contributed by atoms with Gasteiger partial charge < -0.3 is 10.3 Å². The van der Waals surface area contributed by atoms with Gasteiger partial charge in [-0.3, -0.25) is 4.79 Å². The van der Waals surface area contributed by atoms with E-state index in [9.17, 15) is 4.79 Å². The van der Waals surface area contributed by atoms with Gasteiger partial charge in [-0.15, -0.1) is 12.6 Å². The van der Waals surface area contributed by atoms with Crippen LogP contribution in [0.2, 0.25) is 0 Å². The summed E-state index contributed by atoms with van der Waals surface area (Å²) < 4.78 is 0. The molecule has 0 bridgehead atoms. The molecule has 0 spiro atoms. The van der Waals surface area contributed by atoms with Crippen LogP contribution in [-0.4, -0.2) is 9.97 Å². The monoisotopic (exact) mass is 449 g/mol. The van der Waals surface area contributed by atoms with E-state index >= 15 is 0 Å². The van der Waals surface area contributed by atoms with Crippen molar-refractivity contribution in [2.24, 2.45) is 0 Å². The first-order valence-corrected chi connectivity index (χ1v) is 11.3. The Morgan fingerprint density at radius 3 is 2.15 bits per heavy atom. The van der Waals surface area contributed by atoms with Crippen molar-refractivity contribution in [1.82, 2.24) is 15.3 Å². The van der Waals surface area contributed by atoms with E-state index in [-0.39, 0.29) is 5.56 Å². The Bertz CT molecular complexity index is 1440. The molecule has 0 fully saturated rings. The Kier molecular flexibility index (Phi) is 6.07. The average Bonchev–Trinajstić information content (AvgIpc) is 2.86. The molecule has 5 rings (SSSR count). The van der Waals surface area contributed by atoms with E-state index in [4.69, 9.17) is 4.98 Å². The molecule has 33 heavy (non-hydrogen) atoms. The highest BCUT2D eigenvalue weighted by Crippen LogP contribution is 2.32. The van der Waals surface area contributed by atoms with Gasteiger partial charge in [0.1, 0.15) is 0 Å². The fourth-order valence-corrected chi connectivity index (χ4v) is 4.06. The molecule has 3 aromatic carbocycles. The zero-order valence-electron chi connectivity index (χ0n) is 18.0. The first-order valence-electron chi connectivity index (χ1n) is 10.8. The van der Waals surface area contributed by atoms with Crippen LogP contribution in [-0.2, 0) is 13.1 Å². The number of nitrogens with zero attached hydrogens (tertiary/aromatic N) is 1. The van der Waals surface area contributed by atoms with E-state index in [0.29, 0.717) is 10.9 Å². The number of fused-ring (bicyclic) bond motifs is 1. The first-order chi connectivity index (χ1) is 16.2. The van der Waals surface area contributed by atoms with Gasteiger partial charge in [-0.05, 0) is 41.0 Å². The third kappa shape index (κ3) is 4.75. The Balaban J connectivity index is 1.43. The molecule has 4 nitrogen and oxygen atoms in total. The number of nitrogens with one attached hydrogen (secondary N) is 2.